The molecular weight excluding hydrogens is 465 g/mol. The number of halogens is 1. The van der Waals surface area contributed by atoms with E-state index in [1.165, 1.54) is 30.2 Å². The van der Waals surface area contributed by atoms with E-state index in [2.05, 4.69) is 25.6 Å². The van der Waals surface area contributed by atoms with Crippen LogP contribution in [0, 0.1) is 11.7 Å². The van der Waals surface area contributed by atoms with Crippen molar-refractivity contribution in [2.24, 2.45) is 5.92 Å². The molecule has 35 heavy (non-hydrogen) atoms. The molecule has 2 aromatic carbocycles. The van der Waals surface area contributed by atoms with Gasteiger partial charge in [0, 0.05) is 35.2 Å². The molecule has 0 radical (unpaired) electrons. The molecule has 0 saturated heterocycles. The summed E-state index contributed by atoms with van der Waals surface area (Å²) >= 11 is 1.27. The molecule has 3 N–H and O–H groups in total. The van der Waals surface area contributed by atoms with Gasteiger partial charge in [-0.25, -0.2) is 14.4 Å². The zero-order valence-corrected chi connectivity index (χ0v) is 19.5. The molecule has 0 bridgehead atoms. The lowest BCUT2D eigenvalue weighted by Crippen LogP contribution is -2.33. The van der Waals surface area contributed by atoms with Gasteiger partial charge in [0.2, 0.25) is 5.91 Å². The standard InChI is InChI=1S/C26H22FN5O2S/c27-17-3-1-2-14(8-17)12-28-26(34)16-5-7-20-19(9-16)23-24(29-13-30-25(23)32-20)31-18-6-4-15-10-22(33)35-21(15)11-18/h1-4,6,8,11,13,16H,5,7,9-10,12H2,(H,28,34)(H2,29,30,31,32). The van der Waals surface area contributed by atoms with Crippen LogP contribution in [-0.4, -0.2) is 26.0 Å². The van der Waals surface area contributed by atoms with E-state index in [0.717, 1.165) is 56.8 Å². The van der Waals surface area contributed by atoms with Crippen molar-refractivity contribution in [2.75, 3.05) is 5.32 Å². The van der Waals surface area contributed by atoms with Gasteiger partial charge < -0.3 is 15.6 Å². The van der Waals surface area contributed by atoms with Crippen LogP contribution in [0.15, 0.2) is 53.7 Å². The van der Waals surface area contributed by atoms with E-state index in [4.69, 9.17) is 0 Å². The van der Waals surface area contributed by atoms with E-state index >= 15 is 0 Å². The number of hydrogen-bond donors (Lipinski definition) is 3. The molecule has 6 rings (SSSR count). The maximum Gasteiger partial charge on any atom is 0.223 e. The molecule has 3 heterocycles. The predicted molar refractivity (Wildman–Crippen MR) is 132 cm³/mol. The van der Waals surface area contributed by atoms with Crippen molar-refractivity contribution >= 4 is 45.3 Å². The smallest absolute Gasteiger partial charge is 0.223 e. The molecule has 9 heteroatoms. The highest BCUT2D eigenvalue weighted by atomic mass is 32.2. The molecule has 0 spiro atoms. The van der Waals surface area contributed by atoms with E-state index in [0.29, 0.717) is 25.2 Å². The Hall–Kier alpha value is -3.72. The normalized spacial score (nSPS) is 16.7. The Kier molecular flexibility index (Phi) is 5.49. The van der Waals surface area contributed by atoms with Gasteiger partial charge in [-0.15, -0.1) is 0 Å². The molecule has 1 unspecified atom stereocenters. The number of thioether (sulfide) groups is 1. The van der Waals surface area contributed by atoms with Crippen LogP contribution in [0.5, 0.6) is 0 Å². The number of nitrogens with one attached hydrogen (secondary N) is 3. The summed E-state index contributed by atoms with van der Waals surface area (Å²) in [7, 11) is 0. The van der Waals surface area contributed by atoms with Crippen molar-refractivity contribution in [1.82, 2.24) is 20.3 Å². The summed E-state index contributed by atoms with van der Waals surface area (Å²) in [5.74, 6) is 0.125. The Morgan fingerprint density at radius 3 is 3.00 bits per heavy atom. The van der Waals surface area contributed by atoms with Crippen LogP contribution in [0.1, 0.15) is 28.8 Å². The number of H-pyrrole nitrogens is 1. The first-order chi connectivity index (χ1) is 17.0. The van der Waals surface area contributed by atoms with Gasteiger partial charge in [-0.1, -0.05) is 30.0 Å². The number of aryl methyl sites for hydroxylation is 1. The minimum absolute atomic E-state index is 0.0408. The second-order valence-electron chi connectivity index (χ2n) is 8.91. The van der Waals surface area contributed by atoms with E-state index < -0.39 is 0 Å². The second-order valence-corrected chi connectivity index (χ2v) is 10.0. The summed E-state index contributed by atoms with van der Waals surface area (Å²) in [4.78, 5) is 38.0. The van der Waals surface area contributed by atoms with Gasteiger partial charge in [-0.2, -0.15) is 0 Å². The fourth-order valence-corrected chi connectivity index (χ4v) is 5.79. The molecule has 2 aliphatic rings. The molecule has 1 amide bonds. The Morgan fingerprint density at radius 1 is 1.20 bits per heavy atom. The highest BCUT2D eigenvalue weighted by Crippen LogP contribution is 2.38. The minimum atomic E-state index is -0.313. The summed E-state index contributed by atoms with van der Waals surface area (Å²) in [6.07, 6.45) is 4.01. The minimum Gasteiger partial charge on any atom is -0.352 e. The lowest BCUT2D eigenvalue weighted by molar-refractivity contribution is -0.125. The lowest BCUT2D eigenvalue weighted by Gasteiger charge is -2.22. The third-order valence-corrected chi connectivity index (χ3v) is 7.56. The van der Waals surface area contributed by atoms with E-state index in [1.54, 1.807) is 12.1 Å². The number of benzene rings is 2. The zero-order chi connectivity index (χ0) is 23.9. The first kappa shape index (κ1) is 21.8. The number of carbonyl (C=O) groups excluding carboxylic acids is 2. The number of rotatable bonds is 5. The van der Waals surface area contributed by atoms with Crippen LogP contribution in [0.2, 0.25) is 0 Å². The van der Waals surface area contributed by atoms with E-state index in [1.807, 2.05) is 18.2 Å². The van der Waals surface area contributed by atoms with Crippen molar-refractivity contribution in [1.29, 1.82) is 0 Å². The van der Waals surface area contributed by atoms with Crippen LogP contribution in [-0.2, 0) is 35.4 Å². The number of anilines is 2. The number of aromatic nitrogens is 3. The van der Waals surface area contributed by atoms with Gasteiger partial charge in [0.05, 0.1) is 5.39 Å². The molecule has 1 atom stereocenters. The summed E-state index contributed by atoms with van der Waals surface area (Å²) in [5.41, 5.74) is 5.49. The van der Waals surface area contributed by atoms with Crippen molar-refractivity contribution in [2.45, 2.75) is 37.1 Å². The summed E-state index contributed by atoms with van der Waals surface area (Å²) < 4.78 is 13.5. The predicted octanol–water partition coefficient (Wildman–Crippen LogP) is 4.44. The molecular formula is C26H22FN5O2S. The second kappa shape index (κ2) is 8.81. The van der Waals surface area contributed by atoms with Gasteiger partial charge in [0.15, 0.2) is 5.12 Å². The molecule has 4 aromatic rings. The maximum atomic E-state index is 13.5. The lowest BCUT2D eigenvalue weighted by atomic mass is 9.86. The average Bonchev–Trinajstić information content (AvgIpc) is 3.41. The molecule has 1 aliphatic carbocycles. The van der Waals surface area contributed by atoms with Crippen LogP contribution < -0.4 is 10.6 Å². The number of amides is 1. The third kappa shape index (κ3) is 4.27. The first-order valence-corrected chi connectivity index (χ1v) is 12.3. The summed E-state index contributed by atoms with van der Waals surface area (Å²) in [6, 6.07) is 12.2. The largest absolute Gasteiger partial charge is 0.352 e. The number of hydrogen-bond acceptors (Lipinski definition) is 6. The molecule has 0 fully saturated rings. The van der Waals surface area contributed by atoms with Gasteiger partial charge in [0.1, 0.15) is 23.6 Å². The van der Waals surface area contributed by atoms with Gasteiger partial charge in [-0.3, -0.25) is 9.59 Å². The highest BCUT2D eigenvalue weighted by molar-refractivity contribution is 8.14. The van der Waals surface area contributed by atoms with Gasteiger partial charge in [-0.05, 0) is 60.2 Å². The quantitative estimate of drug-likeness (QED) is 0.385. The fourth-order valence-electron chi connectivity index (χ4n) is 4.86. The number of fused-ring (bicyclic) bond motifs is 4. The molecule has 7 nitrogen and oxygen atoms in total. The Morgan fingerprint density at radius 2 is 2.11 bits per heavy atom. The van der Waals surface area contributed by atoms with Crippen LogP contribution >= 0.6 is 11.8 Å². The molecule has 176 valence electrons. The zero-order valence-electron chi connectivity index (χ0n) is 18.7. The molecule has 2 aromatic heterocycles. The number of aromatic amines is 1. The summed E-state index contributed by atoms with van der Waals surface area (Å²) in [5, 5.41) is 7.39. The maximum absolute atomic E-state index is 13.5. The first-order valence-electron chi connectivity index (χ1n) is 11.5. The van der Waals surface area contributed by atoms with Crippen molar-refractivity contribution in [3.63, 3.8) is 0 Å². The summed E-state index contributed by atoms with van der Waals surface area (Å²) in [6.45, 7) is 0.294. The Labute approximate surface area is 204 Å². The molecule has 0 saturated carbocycles. The Bertz CT molecular complexity index is 1480. The number of carbonyl (C=O) groups is 2. The monoisotopic (exact) mass is 487 g/mol. The van der Waals surface area contributed by atoms with Crippen molar-refractivity contribution < 1.29 is 14.0 Å². The molecule has 1 aliphatic heterocycles. The van der Waals surface area contributed by atoms with Gasteiger partial charge in [0.25, 0.3) is 0 Å². The van der Waals surface area contributed by atoms with Crippen molar-refractivity contribution in [3.8, 4) is 0 Å². The Balaban J connectivity index is 1.23. The highest BCUT2D eigenvalue weighted by Gasteiger charge is 2.29. The van der Waals surface area contributed by atoms with Crippen molar-refractivity contribution in [3.05, 3.63) is 77.0 Å². The van der Waals surface area contributed by atoms with Crippen LogP contribution in [0.4, 0.5) is 15.9 Å². The van der Waals surface area contributed by atoms with E-state index in [-0.39, 0.29) is 22.8 Å². The third-order valence-electron chi connectivity index (χ3n) is 6.59. The van der Waals surface area contributed by atoms with E-state index in [9.17, 15) is 14.0 Å². The van der Waals surface area contributed by atoms with Crippen LogP contribution in [0.25, 0.3) is 11.0 Å². The van der Waals surface area contributed by atoms with Crippen LogP contribution in [0.3, 0.4) is 0 Å². The fraction of sp³-hybridized carbons (Fsp3) is 0.231. The van der Waals surface area contributed by atoms with Gasteiger partial charge >= 0.3 is 0 Å². The SMILES string of the molecule is O=C1Cc2ccc(Nc3ncnc4[nH]c5c(c34)CC(C(=O)NCc3cccc(F)c3)CC5)cc2S1. The number of nitrogens with zero attached hydrogens (tertiary/aromatic N) is 2. The average molecular weight is 488 g/mol. The topological polar surface area (TPSA) is 99.8 Å².